The number of aromatic amines is 2. The maximum absolute atomic E-state index is 15.5. The van der Waals surface area contributed by atoms with Crippen LogP contribution >= 0.6 is 0 Å². The zero-order valence-corrected chi connectivity index (χ0v) is 30.5. The van der Waals surface area contributed by atoms with Gasteiger partial charge in [0.2, 0.25) is 0 Å². The number of H-pyrrole nitrogens is 2. The number of benzene rings is 4. The highest BCUT2D eigenvalue weighted by Crippen LogP contribution is 2.55. The van der Waals surface area contributed by atoms with Gasteiger partial charge < -0.3 is 30.1 Å². The van der Waals surface area contributed by atoms with Crippen LogP contribution in [0.5, 0.6) is 11.5 Å². The molecule has 0 saturated heterocycles. The largest absolute Gasteiger partial charge is 0.487 e. The van der Waals surface area contributed by atoms with Gasteiger partial charge in [-0.25, -0.2) is 19.6 Å². The minimum absolute atomic E-state index is 0.278. The van der Waals surface area contributed by atoms with Crippen LogP contribution < -0.4 is 31.2 Å². The van der Waals surface area contributed by atoms with Crippen molar-refractivity contribution in [1.29, 1.82) is 0 Å². The Bertz CT molecular complexity index is 2480. The minimum Gasteiger partial charge on any atom is -0.487 e. The van der Waals surface area contributed by atoms with Crippen molar-refractivity contribution in [3.63, 3.8) is 0 Å². The summed E-state index contributed by atoms with van der Waals surface area (Å²) in [6, 6.07) is 27.0. The lowest BCUT2D eigenvalue weighted by molar-refractivity contribution is -0.107. The Morgan fingerprint density at radius 1 is 0.554 bits per heavy atom. The van der Waals surface area contributed by atoms with E-state index in [4.69, 9.17) is 9.47 Å². The molecule has 2 unspecified atom stereocenters. The van der Waals surface area contributed by atoms with Crippen molar-refractivity contribution in [2.24, 2.45) is 0 Å². The highest BCUT2D eigenvalue weighted by Gasteiger charge is 2.53. The fourth-order valence-electron chi connectivity index (χ4n) is 9.15. The number of hydrogen-bond acceptors (Lipinski definition) is 6. The van der Waals surface area contributed by atoms with Crippen LogP contribution in [0.2, 0.25) is 0 Å². The summed E-state index contributed by atoms with van der Waals surface area (Å²) in [4.78, 5) is 62.2. The van der Waals surface area contributed by atoms with Gasteiger partial charge in [0.15, 0.2) is 0 Å². The van der Waals surface area contributed by atoms with Gasteiger partial charge in [-0.2, -0.15) is 0 Å². The molecule has 2 aromatic heterocycles. The van der Waals surface area contributed by atoms with Crippen LogP contribution in [-0.2, 0) is 0 Å². The molecule has 2 aliphatic heterocycles. The molecule has 282 valence electrons. The summed E-state index contributed by atoms with van der Waals surface area (Å²) in [7, 11) is 0. The van der Waals surface area contributed by atoms with Gasteiger partial charge in [0.05, 0.1) is 23.5 Å². The third-order valence-electron chi connectivity index (χ3n) is 12.2. The topological polar surface area (TPSA) is 149 Å². The van der Waals surface area contributed by atoms with Gasteiger partial charge in [-0.05, 0) is 87.1 Å². The molecular weight excluding hydrogens is 709 g/mol. The number of carbonyl (C=O) groups excluding carboxylic acids is 2. The molecule has 2 aliphatic carbocycles. The Balaban J connectivity index is 1.17. The second-order valence-electron chi connectivity index (χ2n) is 15.5. The maximum atomic E-state index is 15.5. The number of fused-ring (bicyclic) bond motifs is 4. The highest BCUT2D eigenvalue weighted by atomic mass is 16.5. The number of carbonyl (C=O) groups is 2. The molecule has 12 nitrogen and oxygen atoms in total. The Morgan fingerprint density at radius 3 is 1.39 bits per heavy atom. The second kappa shape index (κ2) is 13.0. The van der Waals surface area contributed by atoms with E-state index in [9.17, 15) is 9.59 Å². The van der Waals surface area contributed by atoms with E-state index in [0.29, 0.717) is 57.3 Å². The van der Waals surface area contributed by atoms with Crippen molar-refractivity contribution in [2.75, 3.05) is 10.6 Å². The van der Waals surface area contributed by atoms with E-state index >= 15 is 9.59 Å². The number of ether oxygens (including phenoxy) is 2. The molecule has 2 fully saturated rings. The fourth-order valence-corrected chi connectivity index (χ4v) is 9.15. The van der Waals surface area contributed by atoms with Crippen molar-refractivity contribution < 1.29 is 19.1 Å². The van der Waals surface area contributed by atoms with Crippen molar-refractivity contribution in [3.05, 3.63) is 141 Å². The van der Waals surface area contributed by atoms with Crippen LogP contribution in [0.4, 0.5) is 21.0 Å². The van der Waals surface area contributed by atoms with Crippen LogP contribution in [0.15, 0.2) is 119 Å². The Kier molecular flexibility index (Phi) is 7.91. The molecule has 4 aliphatic rings. The molecule has 2 atom stereocenters. The molecular formula is C44H40N6O6. The first-order valence-electron chi connectivity index (χ1n) is 19.3. The van der Waals surface area contributed by atoms with Gasteiger partial charge in [-0.15, -0.1) is 0 Å². The number of urea groups is 2. The summed E-state index contributed by atoms with van der Waals surface area (Å²) in [5.74, 6) is 1.35. The summed E-state index contributed by atoms with van der Waals surface area (Å²) in [5.41, 5.74) is 0.848. The summed E-state index contributed by atoms with van der Waals surface area (Å²) >= 11 is 0. The zero-order chi connectivity index (χ0) is 38.0. The molecule has 0 bridgehead atoms. The smallest absolute Gasteiger partial charge is 0.341 e. The molecule has 6 aromatic rings. The van der Waals surface area contributed by atoms with E-state index in [1.165, 1.54) is 0 Å². The van der Waals surface area contributed by atoms with E-state index in [0.717, 1.165) is 49.7 Å². The number of aromatic nitrogens is 2. The van der Waals surface area contributed by atoms with Crippen LogP contribution in [0, 0.1) is 0 Å². The van der Waals surface area contributed by atoms with E-state index in [-0.39, 0.29) is 11.1 Å². The fraction of sp³-hybridized carbons (Fsp3) is 0.273. The number of amides is 4. The lowest BCUT2D eigenvalue weighted by Gasteiger charge is -2.54. The molecule has 2 saturated carbocycles. The highest BCUT2D eigenvalue weighted by molar-refractivity contribution is 6.04. The van der Waals surface area contributed by atoms with Crippen molar-refractivity contribution in [1.82, 2.24) is 20.0 Å². The average molecular weight is 749 g/mol. The number of hydrogen-bond donors (Lipinski definition) is 4. The van der Waals surface area contributed by atoms with Crippen molar-refractivity contribution in [2.45, 2.75) is 74.7 Å². The third kappa shape index (κ3) is 5.58. The molecule has 56 heavy (non-hydrogen) atoms. The van der Waals surface area contributed by atoms with Crippen LogP contribution in [-0.4, -0.2) is 43.3 Å². The van der Waals surface area contributed by atoms with Gasteiger partial charge in [0, 0.05) is 57.9 Å². The van der Waals surface area contributed by atoms with Gasteiger partial charge in [0.25, 0.3) is 11.1 Å². The first kappa shape index (κ1) is 34.0. The molecule has 12 heteroatoms. The van der Waals surface area contributed by atoms with Crippen molar-refractivity contribution >= 4 is 45.0 Å². The predicted octanol–water partition coefficient (Wildman–Crippen LogP) is 8.55. The summed E-state index contributed by atoms with van der Waals surface area (Å²) < 4.78 is 13.4. The molecule has 2 spiro atoms. The number of rotatable bonds is 4. The number of nitrogens with zero attached hydrogens (tertiary/aromatic N) is 2. The van der Waals surface area contributed by atoms with Gasteiger partial charge in [-0.1, -0.05) is 48.5 Å². The molecule has 0 radical (unpaired) electrons. The lowest BCUT2D eigenvalue weighted by Crippen LogP contribution is -2.61. The molecule has 10 rings (SSSR count). The van der Waals surface area contributed by atoms with Crippen molar-refractivity contribution in [3.8, 4) is 11.5 Å². The average Bonchev–Trinajstić information content (AvgIpc) is 3.19. The quantitative estimate of drug-likeness (QED) is 0.133. The van der Waals surface area contributed by atoms with Crippen LogP contribution in [0.25, 0.3) is 21.5 Å². The van der Waals surface area contributed by atoms with E-state index < -0.39 is 35.3 Å². The third-order valence-corrected chi connectivity index (χ3v) is 12.2. The Labute approximate surface area is 321 Å². The Morgan fingerprint density at radius 2 is 0.982 bits per heavy atom. The first-order valence-corrected chi connectivity index (χ1v) is 19.3. The Hall–Kier alpha value is -6.56. The maximum Gasteiger partial charge on any atom is 0.341 e. The van der Waals surface area contributed by atoms with Gasteiger partial charge >= 0.3 is 12.1 Å². The number of para-hydroxylation sites is 2. The van der Waals surface area contributed by atoms with E-state index in [1.54, 1.807) is 70.9 Å². The van der Waals surface area contributed by atoms with E-state index in [2.05, 4.69) is 20.6 Å². The van der Waals surface area contributed by atoms with Crippen LogP contribution in [0.3, 0.4) is 0 Å². The standard InChI is InChI=1S/C44H40N6O6/c51-39-29-11-5-13-33(27(29)17-23-45-39)47-41(53)49(35-25-43(19-7-20-43)55-37-15-3-1-9-31(35)37)50(36-26-44(21-8-22-44)56-38-16-4-2-10-32(36)38)42(54)48-34-14-6-12-30-28(34)18-24-46-40(30)52/h1-6,9-18,23-24,35-36H,7-8,19-22,25-26H2,(H,45,51)(H,46,52)(H,47,53)(H,48,54). The van der Waals surface area contributed by atoms with Crippen LogP contribution in [0.1, 0.15) is 74.6 Å². The molecule has 4 heterocycles. The number of pyridine rings is 2. The summed E-state index contributed by atoms with van der Waals surface area (Å²) in [6.07, 6.45) is 9.28. The lowest BCUT2D eigenvalue weighted by atomic mass is 9.72. The second-order valence-corrected chi connectivity index (χ2v) is 15.5. The monoisotopic (exact) mass is 748 g/mol. The number of hydrazine groups is 1. The number of nitrogens with one attached hydrogen (secondary N) is 4. The number of anilines is 2. The van der Waals surface area contributed by atoms with E-state index in [1.807, 2.05) is 48.5 Å². The minimum atomic E-state index is -0.632. The molecule has 4 amide bonds. The SMILES string of the molecule is O=C(Nc1cccc2c(=O)[nH]ccc12)N(C1CC2(CCC2)Oc2ccccc21)N(C(=O)Nc1cccc2c(=O)[nH]ccc12)C1CC2(CCC2)Oc2ccccc21. The molecule has 4 aromatic carbocycles. The van der Waals surface area contributed by atoms with Gasteiger partial charge in [-0.3, -0.25) is 9.59 Å². The molecule has 4 N–H and O–H groups in total. The zero-order valence-electron chi connectivity index (χ0n) is 30.5. The summed E-state index contributed by atoms with van der Waals surface area (Å²) in [6.45, 7) is 0. The summed E-state index contributed by atoms with van der Waals surface area (Å²) in [5, 5.41) is 11.4. The van der Waals surface area contributed by atoms with Gasteiger partial charge in [0.1, 0.15) is 22.7 Å². The predicted molar refractivity (Wildman–Crippen MR) is 213 cm³/mol. The first-order chi connectivity index (χ1) is 27.3. The normalized spacial score (nSPS) is 19.7.